The predicted molar refractivity (Wildman–Crippen MR) is 126 cm³/mol. The van der Waals surface area contributed by atoms with Gasteiger partial charge in [-0.2, -0.15) is 31.3 Å². The summed E-state index contributed by atoms with van der Waals surface area (Å²) in [6, 6.07) is 10.3. The summed E-state index contributed by atoms with van der Waals surface area (Å²) in [5, 5.41) is 7.09. The normalized spacial score (nSPS) is 13.0. The van der Waals surface area contributed by atoms with Crippen molar-refractivity contribution >= 4 is 23.5 Å². The van der Waals surface area contributed by atoms with Crippen LogP contribution in [0.2, 0.25) is 0 Å². The van der Waals surface area contributed by atoms with E-state index in [1.54, 1.807) is 0 Å². The molecule has 37 heavy (non-hydrogen) atoms. The lowest BCUT2D eigenvalue weighted by atomic mass is 10.1. The topological polar surface area (TPSA) is 70.9 Å². The van der Waals surface area contributed by atoms with E-state index in [0.29, 0.717) is 23.7 Å². The van der Waals surface area contributed by atoms with Crippen LogP contribution in [0.5, 0.6) is 11.5 Å². The summed E-state index contributed by atoms with van der Waals surface area (Å²) in [5.41, 5.74) is -2.66. The number of rotatable bonds is 14. The molecule has 0 radical (unpaired) electrons. The Morgan fingerprint density at radius 2 is 1.27 bits per heavy atom. The highest BCUT2D eigenvalue weighted by atomic mass is 32.2. The van der Waals surface area contributed by atoms with E-state index in [0.717, 1.165) is 37.6 Å². The molecule has 0 spiro atoms. The number of nitrogens with zero attached hydrogens (tertiary/aromatic N) is 2. The molecule has 0 fully saturated rings. The third-order valence-corrected chi connectivity index (χ3v) is 5.09. The van der Waals surface area contributed by atoms with Crippen LogP contribution in [0.15, 0.2) is 58.7 Å². The van der Waals surface area contributed by atoms with Gasteiger partial charge in [0.05, 0.1) is 13.2 Å². The van der Waals surface area contributed by atoms with Gasteiger partial charge in [-0.1, -0.05) is 6.92 Å². The third-order valence-electron chi connectivity index (χ3n) is 4.36. The first-order valence-corrected chi connectivity index (χ1v) is 11.7. The van der Waals surface area contributed by atoms with E-state index in [2.05, 4.69) is 24.5 Å². The highest BCUT2D eigenvalue weighted by molar-refractivity contribution is 7.94. The van der Waals surface area contributed by atoms with Crippen LogP contribution in [0.1, 0.15) is 30.9 Å². The maximum atomic E-state index is 13.3. The van der Waals surface area contributed by atoms with Crippen LogP contribution < -0.4 is 9.47 Å². The van der Waals surface area contributed by atoms with Crippen LogP contribution in [0.4, 0.5) is 26.3 Å². The lowest BCUT2D eigenvalue weighted by molar-refractivity contribution is -0.462. The Bertz CT molecular complexity index is 1010. The summed E-state index contributed by atoms with van der Waals surface area (Å²) < 4.78 is 94.0. The smallest absolute Gasteiger partial charge is 0.437 e. The van der Waals surface area contributed by atoms with Crippen molar-refractivity contribution in [3.63, 3.8) is 0 Å². The molecule has 0 bridgehead atoms. The standard InChI is InChI=1S/C23H24F6N2O5S/c1-3-15-37-36-35-34-31-21(23(27,28)29)17-7-11-19(12-8-17)33-14-4-13-32-18-9-5-16(6-10-18)20(30-2)22(24,25)26/h5-12H,3-4,13-15H2,1-2H3/b30-20?,31-21+. The molecule has 0 saturated carbocycles. The van der Waals surface area contributed by atoms with Crippen molar-refractivity contribution in [2.45, 2.75) is 32.1 Å². The van der Waals surface area contributed by atoms with Crippen molar-refractivity contribution in [3.05, 3.63) is 59.7 Å². The van der Waals surface area contributed by atoms with Crippen LogP contribution in [-0.2, 0) is 14.4 Å². The molecule has 2 aromatic carbocycles. The first-order chi connectivity index (χ1) is 17.6. The monoisotopic (exact) mass is 554 g/mol. The summed E-state index contributed by atoms with van der Waals surface area (Å²) in [6.45, 7) is 2.26. The largest absolute Gasteiger partial charge is 0.493 e. The zero-order valence-corrected chi connectivity index (χ0v) is 20.6. The molecule has 0 saturated heterocycles. The average molecular weight is 555 g/mol. The number of ether oxygens (including phenoxy) is 2. The van der Waals surface area contributed by atoms with Crippen molar-refractivity contribution in [1.29, 1.82) is 0 Å². The fourth-order valence-corrected chi connectivity index (χ4v) is 3.05. The van der Waals surface area contributed by atoms with Gasteiger partial charge in [0.25, 0.3) is 0 Å². The third kappa shape index (κ3) is 10.5. The summed E-state index contributed by atoms with van der Waals surface area (Å²) in [4.78, 5) is 7.43. The van der Waals surface area contributed by atoms with Gasteiger partial charge in [0, 0.05) is 47.4 Å². The van der Waals surface area contributed by atoms with E-state index in [1.807, 2.05) is 6.92 Å². The van der Waals surface area contributed by atoms with Gasteiger partial charge in [-0.3, -0.25) is 4.99 Å². The molecule has 0 unspecified atom stereocenters. The maximum absolute atomic E-state index is 13.3. The second-order valence-electron chi connectivity index (χ2n) is 7.14. The molecule has 2 aromatic rings. The molecular weight excluding hydrogens is 530 g/mol. The van der Waals surface area contributed by atoms with Gasteiger partial charge in [-0.15, -0.1) is 4.33 Å². The number of alkyl halides is 6. The fourth-order valence-electron chi connectivity index (χ4n) is 2.75. The number of aliphatic imine (C=N–C) groups is 1. The maximum Gasteiger partial charge on any atom is 0.437 e. The van der Waals surface area contributed by atoms with Crippen LogP contribution >= 0.6 is 12.0 Å². The van der Waals surface area contributed by atoms with Gasteiger partial charge < -0.3 is 9.47 Å². The Hall–Kier alpha value is -2.97. The van der Waals surface area contributed by atoms with Crippen LogP contribution in [0.3, 0.4) is 0 Å². The van der Waals surface area contributed by atoms with Gasteiger partial charge in [0.1, 0.15) is 17.2 Å². The molecule has 0 N–H and O–H groups in total. The minimum Gasteiger partial charge on any atom is -0.493 e. The van der Waals surface area contributed by atoms with Gasteiger partial charge in [0.2, 0.25) is 0 Å². The Morgan fingerprint density at radius 1 is 0.784 bits per heavy atom. The number of halogens is 6. The van der Waals surface area contributed by atoms with Crippen molar-refractivity contribution in [2.75, 3.05) is 26.0 Å². The highest BCUT2D eigenvalue weighted by Crippen LogP contribution is 2.25. The second kappa shape index (κ2) is 14.7. The van der Waals surface area contributed by atoms with Crippen molar-refractivity contribution in [3.8, 4) is 11.5 Å². The van der Waals surface area contributed by atoms with E-state index in [1.165, 1.54) is 36.4 Å². The van der Waals surface area contributed by atoms with Gasteiger partial charge in [-0.25, -0.2) is 0 Å². The highest BCUT2D eigenvalue weighted by Gasteiger charge is 2.38. The molecule has 0 heterocycles. The number of oxime groups is 1. The first kappa shape index (κ1) is 30.3. The molecule has 14 heteroatoms. The van der Waals surface area contributed by atoms with E-state index >= 15 is 0 Å². The molecule has 2 rings (SSSR count). The molecule has 0 atom stereocenters. The minimum absolute atomic E-state index is 0.0775. The lowest BCUT2D eigenvalue weighted by Gasteiger charge is -2.12. The van der Waals surface area contributed by atoms with Crippen molar-refractivity contribution < 1.29 is 50.2 Å². The minimum atomic E-state index is -4.81. The number of hydrogen-bond acceptors (Lipinski definition) is 8. The van der Waals surface area contributed by atoms with E-state index < -0.39 is 23.8 Å². The Balaban J connectivity index is 1.81. The molecule has 0 amide bonds. The van der Waals surface area contributed by atoms with Gasteiger partial charge in [0.15, 0.2) is 5.71 Å². The summed E-state index contributed by atoms with van der Waals surface area (Å²) in [7, 11) is 1.07. The van der Waals surface area contributed by atoms with Crippen LogP contribution in [-0.4, -0.2) is 49.8 Å². The average Bonchev–Trinajstić information content (AvgIpc) is 2.84. The lowest BCUT2D eigenvalue weighted by Crippen LogP contribution is -2.24. The zero-order valence-electron chi connectivity index (χ0n) is 19.8. The summed E-state index contributed by atoms with van der Waals surface area (Å²) >= 11 is 0.858. The van der Waals surface area contributed by atoms with E-state index in [9.17, 15) is 26.3 Å². The molecule has 0 aromatic heterocycles. The van der Waals surface area contributed by atoms with Crippen LogP contribution in [0.25, 0.3) is 0 Å². The van der Waals surface area contributed by atoms with Crippen molar-refractivity contribution in [2.24, 2.45) is 10.1 Å². The van der Waals surface area contributed by atoms with E-state index in [4.69, 9.17) is 9.47 Å². The molecule has 204 valence electrons. The summed E-state index contributed by atoms with van der Waals surface area (Å²) in [6.07, 6.45) is -8.19. The SMILES string of the molecule is CCCSOOO/N=C(\c1ccc(OCCCOc2ccc(C(=NC)C(F)(F)F)cc2)cc1)C(F)(F)F. The summed E-state index contributed by atoms with van der Waals surface area (Å²) in [5.74, 6) is 1.23. The predicted octanol–water partition coefficient (Wildman–Crippen LogP) is 6.72. The molecule has 0 aliphatic rings. The number of benzene rings is 2. The van der Waals surface area contributed by atoms with Crippen molar-refractivity contribution in [1.82, 2.24) is 0 Å². The molecule has 7 nitrogen and oxygen atoms in total. The van der Waals surface area contributed by atoms with Crippen LogP contribution in [0, 0.1) is 0 Å². The zero-order chi connectivity index (χ0) is 27.3. The Morgan fingerprint density at radius 3 is 1.70 bits per heavy atom. The number of hydrogen-bond donors (Lipinski definition) is 0. The quantitative estimate of drug-likeness (QED) is 0.0645. The van der Waals surface area contributed by atoms with Gasteiger partial charge >= 0.3 is 12.4 Å². The second-order valence-corrected chi connectivity index (χ2v) is 7.92. The van der Waals surface area contributed by atoms with Gasteiger partial charge in [-0.05, 0) is 60.1 Å². The molecule has 0 aliphatic carbocycles. The van der Waals surface area contributed by atoms with E-state index in [-0.39, 0.29) is 24.3 Å². The Kier molecular flexibility index (Phi) is 12.0. The molecular formula is C23H24F6N2O5S. The first-order valence-electron chi connectivity index (χ1n) is 10.8. The fraction of sp³-hybridized carbons (Fsp3) is 0.391. The Labute approximate surface area is 213 Å². The molecule has 0 aliphatic heterocycles.